The van der Waals surface area contributed by atoms with Gasteiger partial charge in [0, 0.05) is 23.6 Å². The molecule has 0 saturated carbocycles. The van der Waals surface area contributed by atoms with Gasteiger partial charge in [0.05, 0.1) is 11.0 Å². The first-order chi connectivity index (χ1) is 12.6. The summed E-state index contributed by atoms with van der Waals surface area (Å²) in [7, 11) is 0. The Labute approximate surface area is 135 Å². The lowest BCUT2D eigenvalue weighted by molar-refractivity contribution is -0.136. The van der Waals surface area contributed by atoms with Gasteiger partial charge in [0.1, 0.15) is 17.5 Å². The van der Waals surface area contributed by atoms with Crippen molar-refractivity contribution < 1.29 is 28.6 Å². The third kappa shape index (κ3) is 2.92. The van der Waals surface area contributed by atoms with Crippen molar-refractivity contribution in [3.8, 4) is 11.3 Å². The fourth-order valence-corrected chi connectivity index (χ4v) is 2.40. The van der Waals surface area contributed by atoms with Gasteiger partial charge in [-0.1, -0.05) is 0 Å². The van der Waals surface area contributed by atoms with Crippen molar-refractivity contribution >= 4 is 16.9 Å². The third-order valence-corrected chi connectivity index (χ3v) is 3.37. The Morgan fingerprint density at radius 2 is 1.83 bits per heavy atom. The Kier molecular flexibility index (Phi) is 2.74. The number of rotatable bonds is 4. The summed E-state index contributed by atoms with van der Waals surface area (Å²) in [5.41, 5.74) is -0.512. The van der Waals surface area contributed by atoms with E-state index in [1.807, 2.05) is 0 Å². The Hall–Kier alpha value is -2.76. The molecule has 2 aromatic carbocycles. The number of hydrogen-bond acceptors (Lipinski definition) is 1. The van der Waals surface area contributed by atoms with Crippen molar-refractivity contribution in [3.05, 3.63) is 59.3 Å². The number of aliphatic carboxylic acids is 1. The van der Waals surface area contributed by atoms with Crippen LogP contribution in [0.2, 0.25) is 0 Å². The molecule has 0 aliphatic carbocycles. The van der Waals surface area contributed by atoms with E-state index in [1.54, 1.807) is 0 Å². The molecule has 6 heteroatoms. The van der Waals surface area contributed by atoms with Crippen LogP contribution in [0.4, 0.5) is 13.2 Å². The van der Waals surface area contributed by atoms with Gasteiger partial charge in [0.15, 0.2) is 0 Å². The van der Waals surface area contributed by atoms with Gasteiger partial charge >= 0.3 is 5.97 Å². The van der Waals surface area contributed by atoms with Gasteiger partial charge in [-0.2, -0.15) is 0 Å². The molecule has 1 heterocycles. The van der Waals surface area contributed by atoms with E-state index >= 15 is 0 Å². The first-order valence-electron chi connectivity index (χ1n) is 8.61. The maximum absolute atomic E-state index is 14.2. The normalized spacial score (nSPS) is 13.5. The van der Waals surface area contributed by atoms with Crippen molar-refractivity contribution in [1.82, 2.24) is 4.98 Å². The number of carboxylic acids is 1. The van der Waals surface area contributed by atoms with E-state index in [4.69, 9.17) is 10.6 Å². The van der Waals surface area contributed by atoms with E-state index in [0.717, 1.165) is 6.07 Å². The fourth-order valence-electron chi connectivity index (χ4n) is 2.40. The van der Waals surface area contributed by atoms with Gasteiger partial charge in [0.25, 0.3) is 0 Å². The smallest absolute Gasteiger partial charge is 0.303 e. The maximum atomic E-state index is 14.2. The fraction of sp³-hybridized carbons (Fsp3) is 0.118. The summed E-state index contributed by atoms with van der Waals surface area (Å²) >= 11 is 0. The van der Waals surface area contributed by atoms with Crippen LogP contribution in [0.25, 0.3) is 22.2 Å². The van der Waals surface area contributed by atoms with E-state index in [0.29, 0.717) is 6.07 Å². The second-order valence-electron chi connectivity index (χ2n) is 4.87. The van der Waals surface area contributed by atoms with Crippen LogP contribution in [-0.2, 0) is 11.2 Å². The van der Waals surface area contributed by atoms with Crippen LogP contribution >= 0.6 is 0 Å². The van der Waals surface area contributed by atoms with Crippen LogP contribution in [0.3, 0.4) is 0 Å². The number of aryl methyl sites for hydroxylation is 1. The molecule has 0 aliphatic rings. The number of benzene rings is 2. The second kappa shape index (κ2) is 5.79. The number of nitrogens with one attached hydrogen (secondary N) is 1. The lowest BCUT2D eigenvalue weighted by atomic mass is 10.0. The number of aromatic nitrogens is 1. The van der Waals surface area contributed by atoms with Crippen LogP contribution < -0.4 is 0 Å². The summed E-state index contributed by atoms with van der Waals surface area (Å²) in [6.07, 6.45) is -0.591. The molecular formula is C17H12F3NO2. The van der Waals surface area contributed by atoms with Crippen LogP contribution in [-0.4, -0.2) is 16.1 Å². The molecule has 0 aliphatic heterocycles. The van der Waals surface area contributed by atoms with E-state index in [-0.39, 0.29) is 34.1 Å². The van der Waals surface area contributed by atoms with Crippen LogP contribution in [0.15, 0.2) is 36.3 Å². The van der Waals surface area contributed by atoms with Gasteiger partial charge in [-0.3, -0.25) is 4.79 Å². The first kappa shape index (κ1) is 10.9. The molecule has 0 unspecified atom stereocenters. The van der Waals surface area contributed by atoms with Crippen LogP contribution in [0, 0.1) is 17.5 Å². The van der Waals surface area contributed by atoms with Gasteiger partial charge in [-0.05, 0) is 47.8 Å². The van der Waals surface area contributed by atoms with Gasteiger partial charge in [0.2, 0.25) is 0 Å². The minimum Gasteiger partial charge on any atom is -0.481 e. The van der Waals surface area contributed by atoms with Crippen molar-refractivity contribution in [2.75, 3.05) is 0 Å². The molecule has 0 bridgehead atoms. The highest BCUT2D eigenvalue weighted by Crippen LogP contribution is 2.33. The highest BCUT2D eigenvalue weighted by atomic mass is 19.1. The molecule has 23 heavy (non-hydrogen) atoms. The van der Waals surface area contributed by atoms with Gasteiger partial charge < -0.3 is 10.1 Å². The van der Waals surface area contributed by atoms with E-state index < -0.39 is 54.0 Å². The summed E-state index contributed by atoms with van der Waals surface area (Å²) in [5, 5.41) is 8.97. The van der Waals surface area contributed by atoms with Crippen molar-refractivity contribution in [2.24, 2.45) is 0 Å². The van der Waals surface area contributed by atoms with Crippen molar-refractivity contribution in [2.45, 2.75) is 12.8 Å². The molecular weight excluding hydrogens is 307 g/mol. The van der Waals surface area contributed by atoms with E-state index in [9.17, 15) is 18.0 Å². The summed E-state index contributed by atoms with van der Waals surface area (Å²) < 4.78 is 72.8. The Balaban J connectivity index is 2.40. The lowest BCUT2D eigenvalue weighted by Crippen LogP contribution is -1.98. The highest BCUT2D eigenvalue weighted by molar-refractivity contribution is 5.91. The summed E-state index contributed by atoms with van der Waals surface area (Å²) in [6.45, 7) is 0. The van der Waals surface area contributed by atoms with Crippen LogP contribution in [0.5, 0.6) is 0 Å². The molecule has 0 amide bonds. The maximum Gasteiger partial charge on any atom is 0.303 e. The molecule has 2 N–H and O–H groups in total. The SMILES string of the molecule is [2H]c1c([2H])c(-c2[nH]c3c(F)cc(F)cc3c2CCC(=O)O)c([2H])c([2H])c1F. The third-order valence-electron chi connectivity index (χ3n) is 3.37. The predicted molar refractivity (Wildman–Crippen MR) is 79.6 cm³/mol. The molecule has 1 aromatic heterocycles. The molecule has 118 valence electrons. The minimum atomic E-state index is -1.34. The molecule has 0 spiro atoms. The number of fused-ring (bicyclic) bond motifs is 1. The Morgan fingerprint density at radius 1 is 1.13 bits per heavy atom. The quantitative estimate of drug-likeness (QED) is 0.753. The number of hydrogen-bond donors (Lipinski definition) is 2. The summed E-state index contributed by atoms with van der Waals surface area (Å²) in [4.78, 5) is 13.5. The molecule has 0 radical (unpaired) electrons. The zero-order valence-electron chi connectivity index (χ0n) is 15.6. The van der Waals surface area contributed by atoms with Crippen LogP contribution in [0.1, 0.15) is 17.5 Å². The first-order valence-corrected chi connectivity index (χ1v) is 6.61. The molecule has 0 saturated heterocycles. The number of carbonyl (C=O) groups is 1. The number of aromatic amines is 1. The number of H-pyrrole nitrogens is 1. The van der Waals surface area contributed by atoms with E-state index in [2.05, 4.69) is 4.98 Å². The highest BCUT2D eigenvalue weighted by Gasteiger charge is 2.17. The molecule has 3 nitrogen and oxygen atoms in total. The monoisotopic (exact) mass is 323 g/mol. The lowest BCUT2D eigenvalue weighted by Gasteiger charge is -2.04. The predicted octanol–water partition coefficient (Wildman–Crippen LogP) is 4.27. The van der Waals surface area contributed by atoms with Crippen molar-refractivity contribution in [1.29, 1.82) is 0 Å². The second-order valence-corrected chi connectivity index (χ2v) is 4.87. The largest absolute Gasteiger partial charge is 0.481 e. The molecule has 3 rings (SSSR count). The topological polar surface area (TPSA) is 53.1 Å². The summed E-state index contributed by atoms with van der Waals surface area (Å²) in [6, 6.07) is -1.66. The van der Waals surface area contributed by atoms with Gasteiger partial charge in [-0.15, -0.1) is 0 Å². The minimum absolute atomic E-state index is 0.0185. The average Bonchev–Trinajstić information content (AvgIpc) is 2.95. The van der Waals surface area contributed by atoms with Gasteiger partial charge in [-0.25, -0.2) is 13.2 Å². The zero-order chi connectivity index (χ0) is 20.0. The number of carboxylic acid groups (broad SMARTS) is 1. The van der Waals surface area contributed by atoms with E-state index in [1.165, 1.54) is 0 Å². The zero-order valence-corrected chi connectivity index (χ0v) is 11.6. The number of halogens is 3. The summed E-state index contributed by atoms with van der Waals surface area (Å²) in [5.74, 6) is -4.38. The Morgan fingerprint density at radius 3 is 2.48 bits per heavy atom. The molecule has 0 atom stereocenters. The average molecular weight is 323 g/mol. The standard InChI is InChI=1S/C17H12F3NO2/c18-10-3-1-9(2-4-10)16-12(5-6-15(22)23)13-7-11(19)8-14(20)17(13)21-16/h1-4,7-8,21H,5-6H2,(H,22,23)/i1D,2D,3D,4D. The van der Waals surface area contributed by atoms with Crippen molar-refractivity contribution in [3.63, 3.8) is 0 Å². The molecule has 0 fully saturated rings. The molecule has 3 aromatic rings. The Bertz CT molecular complexity index is 1070.